The van der Waals surface area contributed by atoms with Gasteiger partial charge in [0, 0.05) is 29.3 Å². The van der Waals surface area contributed by atoms with Crippen LogP contribution in [0.25, 0.3) is 0 Å². The molecule has 0 saturated carbocycles. The van der Waals surface area contributed by atoms with Crippen LogP contribution in [0.4, 0.5) is 4.39 Å². The number of nitrogens with zero attached hydrogens (tertiary/aromatic N) is 1. The monoisotopic (exact) mass is 493 g/mol. The van der Waals surface area contributed by atoms with Crippen LogP contribution in [0, 0.1) is 11.7 Å². The van der Waals surface area contributed by atoms with Crippen LogP contribution in [0.1, 0.15) is 63.0 Å². The van der Waals surface area contributed by atoms with Gasteiger partial charge in [0.25, 0.3) is 0 Å². The van der Waals surface area contributed by atoms with Gasteiger partial charge < -0.3 is 14.2 Å². The second-order valence-corrected chi connectivity index (χ2v) is 9.42. The molecule has 1 aliphatic heterocycles. The highest BCUT2D eigenvalue weighted by Gasteiger charge is 2.45. The predicted molar refractivity (Wildman–Crippen MR) is 135 cm³/mol. The summed E-state index contributed by atoms with van der Waals surface area (Å²) in [5.41, 5.74) is 3.21. The lowest BCUT2D eigenvalue weighted by Crippen LogP contribution is -2.39. The number of benzene rings is 2. The van der Waals surface area contributed by atoms with E-state index in [1.165, 1.54) is 12.1 Å². The maximum Gasteiger partial charge on any atom is 0.315 e. The number of halogens is 1. The van der Waals surface area contributed by atoms with Crippen LogP contribution in [-0.2, 0) is 14.3 Å². The summed E-state index contributed by atoms with van der Waals surface area (Å²) in [5.74, 6) is -1.30. The average molecular weight is 494 g/mol. The molecule has 4 rings (SSSR count). The molecule has 0 amide bonds. The van der Waals surface area contributed by atoms with Gasteiger partial charge in [-0.15, -0.1) is 0 Å². The number of hydrogen-bond acceptors (Lipinski definition) is 6. The fourth-order valence-electron chi connectivity index (χ4n) is 5.12. The van der Waals surface area contributed by atoms with Crippen LogP contribution < -0.4 is 9.47 Å². The molecule has 2 aromatic rings. The molecule has 1 aliphatic carbocycles. The van der Waals surface area contributed by atoms with Crippen molar-refractivity contribution in [1.29, 1.82) is 0 Å². The van der Waals surface area contributed by atoms with Crippen molar-refractivity contribution in [1.82, 2.24) is 0 Å². The molecule has 0 bridgehead atoms. The number of hydrogen-bond donors (Lipinski definition) is 0. The van der Waals surface area contributed by atoms with Gasteiger partial charge in [-0.05, 0) is 68.0 Å². The number of ketones is 1. The molecular formula is C29H32FNO5. The minimum atomic E-state index is -0.791. The third-order valence-electron chi connectivity index (χ3n) is 7.12. The number of allylic oxidation sites excluding steroid dienone is 2. The molecule has 1 unspecified atom stereocenters. The Kier molecular flexibility index (Phi) is 7.57. The van der Waals surface area contributed by atoms with E-state index in [0.717, 1.165) is 5.56 Å². The van der Waals surface area contributed by atoms with Crippen molar-refractivity contribution in [3.8, 4) is 11.5 Å². The maximum absolute atomic E-state index is 14.3. The Morgan fingerprint density at radius 2 is 1.83 bits per heavy atom. The summed E-state index contributed by atoms with van der Waals surface area (Å²) in [6.07, 6.45) is 1.17. The van der Waals surface area contributed by atoms with Crippen molar-refractivity contribution < 1.29 is 28.2 Å². The maximum atomic E-state index is 14.3. The van der Waals surface area contributed by atoms with E-state index in [1.54, 1.807) is 33.3 Å². The van der Waals surface area contributed by atoms with E-state index in [1.807, 2.05) is 32.0 Å². The lowest BCUT2D eigenvalue weighted by molar-refractivity contribution is -0.151. The molecule has 2 aliphatic rings. The molecule has 36 heavy (non-hydrogen) atoms. The summed E-state index contributed by atoms with van der Waals surface area (Å²) < 4.78 is 30.7. The van der Waals surface area contributed by atoms with Crippen LogP contribution in [0.3, 0.4) is 0 Å². The lowest BCUT2D eigenvalue weighted by atomic mass is 9.69. The number of carbonyl (C=O) groups is 2. The number of aliphatic imine (C=N–C) groups is 1. The first-order valence-electron chi connectivity index (χ1n) is 12.3. The van der Waals surface area contributed by atoms with E-state index in [4.69, 9.17) is 19.2 Å². The Balaban J connectivity index is 1.77. The fraction of sp³-hybridized carbons (Fsp3) is 0.414. The highest BCUT2D eigenvalue weighted by molar-refractivity contribution is 6.09. The zero-order valence-corrected chi connectivity index (χ0v) is 21.3. The summed E-state index contributed by atoms with van der Waals surface area (Å²) in [6.45, 7) is 5.54. The number of ether oxygens (including phenoxy) is 3. The third kappa shape index (κ3) is 4.92. The standard InChI is InChI=1S/C29H32FNO5/c1-6-16(2)36-29(33)26-17(3)31-22-13-20(18-10-11-24(34-4)25(15-18)35-5)14-23(32)28(22)27(26)19-8-7-9-21(30)12-19/h7-12,15-16,20,26-27H,6,13-14H2,1-5H3/t16-,20+,26?,27+/m0/s1. The Morgan fingerprint density at radius 1 is 1.08 bits per heavy atom. The summed E-state index contributed by atoms with van der Waals surface area (Å²) >= 11 is 0. The van der Waals surface area contributed by atoms with Crippen molar-refractivity contribution in [3.05, 3.63) is 70.7 Å². The Labute approximate surface area is 211 Å². The third-order valence-corrected chi connectivity index (χ3v) is 7.12. The summed E-state index contributed by atoms with van der Waals surface area (Å²) in [5, 5.41) is 0. The normalized spacial score (nSPS) is 22.4. The molecule has 7 heteroatoms. The molecule has 0 N–H and O–H groups in total. The molecule has 4 atom stereocenters. The first kappa shape index (κ1) is 25.6. The Hall–Kier alpha value is -3.48. The molecule has 0 saturated heterocycles. The van der Waals surface area contributed by atoms with E-state index >= 15 is 0 Å². The quantitative estimate of drug-likeness (QED) is 0.459. The van der Waals surface area contributed by atoms with Crippen LogP contribution in [0.2, 0.25) is 0 Å². The van der Waals surface area contributed by atoms with Gasteiger partial charge in [0.05, 0.1) is 20.3 Å². The SMILES string of the molecule is CC[C@H](C)OC(=O)C1C(C)=NC2=C(C(=O)C[C@H](c3ccc(OC)c(OC)c3)C2)[C@@H]1c1cccc(F)c1. The largest absolute Gasteiger partial charge is 0.493 e. The highest BCUT2D eigenvalue weighted by Crippen LogP contribution is 2.47. The topological polar surface area (TPSA) is 74.2 Å². The molecule has 0 spiro atoms. The number of rotatable bonds is 7. The van der Waals surface area contributed by atoms with Crippen molar-refractivity contribution in [2.24, 2.45) is 10.9 Å². The van der Waals surface area contributed by atoms with Gasteiger partial charge in [-0.3, -0.25) is 14.6 Å². The second kappa shape index (κ2) is 10.6. The molecule has 2 aromatic carbocycles. The number of Topliss-reactive ketones (excluding diaryl/α,β-unsaturated/α-hetero) is 1. The first-order valence-corrected chi connectivity index (χ1v) is 12.3. The summed E-state index contributed by atoms with van der Waals surface area (Å²) in [6, 6.07) is 11.8. The molecule has 0 aromatic heterocycles. The van der Waals surface area contributed by atoms with Crippen molar-refractivity contribution >= 4 is 17.5 Å². The molecule has 0 radical (unpaired) electrons. The molecule has 190 valence electrons. The minimum absolute atomic E-state index is 0.0945. The van der Waals surface area contributed by atoms with Crippen molar-refractivity contribution in [3.63, 3.8) is 0 Å². The summed E-state index contributed by atoms with van der Waals surface area (Å²) in [7, 11) is 3.15. The van der Waals surface area contributed by atoms with Crippen molar-refractivity contribution in [2.75, 3.05) is 14.2 Å². The van der Waals surface area contributed by atoms with Gasteiger partial charge in [0.2, 0.25) is 0 Å². The molecular weight excluding hydrogens is 461 g/mol. The van der Waals surface area contributed by atoms with Gasteiger partial charge in [-0.2, -0.15) is 0 Å². The highest BCUT2D eigenvalue weighted by atomic mass is 19.1. The zero-order chi connectivity index (χ0) is 26.0. The smallest absolute Gasteiger partial charge is 0.315 e. The average Bonchev–Trinajstić information content (AvgIpc) is 2.86. The van der Waals surface area contributed by atoms with E-state index < -0.39 is 23.6 Å². The van der Waals surface area contributed by atoms with Crippen LogP contribution in [0.15, 0.2) is 58.7 Å². The Bertz CT molecular complexity index is 1230. The Morgan fingerprint density at radius 3 is 2.50 bits per heavy atom. The summed E-state index contributed by atoms with van der Waals surface area (Å²) in [4.78, 5) is 31.7. The number of carbonyl (C=O) groups excluding carboxylic acids is 2. The minimum Gasteiger partial charge on any atom is -0.493 e. The molecule has 6 nitrogen and oxygen atoms in total. The fourth-order valence-corrected chi connectivity index (χ4v) is 5.12. The first-order chi connectivity index (χ1) is 17.3. The van der Waals surface area contributed by atoms with Crippen molar-refractivity contribution in [2.45, 2.75) is 58.0 Å². The molecule has 0 fully saturated rings. The molecule has 1 heterocycles. The number of esters is 1. The number of methoxy groups -OCH3 is 2. The van der Waals surface area contributed by atoms with E-state index in [2.05, 4.69) is 0 Å². The zero-order valence-electron chi connectivity index (χ0n) is 21.3. The van der Waals surface area contributed by atoms with Crippen LogP contribution >= 0.6 is 0 Å². The van der Waals surface area contributed by atoms with Gasteiger partial charge in [-0.25, -0.2) is 4.39 Å². The van der Waals surface area contributed by atoms with Crippen LogP contribution in [-0.4, -0.2) is 37.8 Å². The second-order valence-electron chi connectivity index (χ2n) is 9.42. The van der Waals surface area contributed by atoms with E-state index in [-0.39, 0.29) is 24.2 Å². The van der Waals surface area contributed by atoms with E-state index in [0.29, 0.717) is 46.9 Å². The predicted octanol–water partition coefficient (Wildman–Crippen LogP) is 5.76. The lowest BCUT2D eigenvalue weighted by Gasteiger charge is -2.37. The van der Waals surface area contributed by atoms with Gasteiger partial charge in [0.15, 0.2) is 17.3 Å². The van der Waals surface area contributed by atoms with Gasteiger partial charge in [-0.1, -0.05) is 25.1 Å². The van der Waals surface area contributed by atoms with Gasteiger partial charge >= 0.3 is 5.97 Å². The van der Waals surface area contributed by atoms with Gasteiger partial charge in [0.1, 0.15) is 11.7 Å². The van der Waals surface area contributed by atoms with Crippen LogP contribution in [0.5, 0.6) is 11.5 Å². The van der Waals surface area contributed by atoms with E-state index in [9.17, 15) is 14.0 Å².